The predicted molar refractivity (Wildman–Crippen MR) is 176 cm³/mol. The zero-order valence-corrected chi connectivity index (χ0v) is 23.3. The van der Waals surface area contributed by atoms with Gasteiger partial charge in [-0.05, 0) is 41.5 Å². The van der Waals surface area contributed by atoms with Crippen LogP contribution in [0, 0.1) is 0 Å². The number of fused-ring (bicyclic) bond motifs is 3. The molecule has 0 spiro atoms. The van der Waals surface area contributed by atoms with Gasteiger partial charge in [0.15, 0.2) is 17.5 Å². The van der Waals surface area contributed by atoms with E-state index >= 15 is 0 Å². The van der Waals surface area contributed by atoms with Crippen LogP contribution in [0.15, 0.2) is 158 Å². The SMILES string of the molecule is c1ccc(-c2nc(-c3ccccc3)nc(-c3cccc(-c4ccc(-n5c6ccccc6c6ccccc65)cc4)c3)n2)cc1. The van der Waals surface area contributed by atoms with Gasteiger partial charge in [0.2, 0.25) is 0 Å². The van der Waals surface area contributed by atoms with Gasteiger partial charge in [0.1, 0.15) is 0 Å². The third kappa shape index (κ3) is 4.55. The Bertz CT molecular complexity index is 2110. The first-order valence-corrected chi connectivity index (χ1v) is 14.4. The number of para-hydroxylation sites is 2. The molecule has 0 radical (unpaired) electrons. The fourth-order valence-electron chi connectivity index (χ4n) is 5.78. The number of hydrogen-bond acceptors (Lipinski definition) is 3. The molecule has 0 fully saturated rings. The Kier molecular flexibility index (Phi) is 6.08. The summed E-state index contributed by atoms with van der Waals surface area (Å²) in [4.78, 5) is 14.7. The van der Waals surface area contributed by atoms with Crippen LogP contribution in [0.1, 0.15) is 0 Å². The van der Waals surface area contributed by atoms with E-state index in [4.69, 9.17) is 15.0 Å². The molecule has 0 aliphatic rings. The predicted octanol–water partition coefficient (Wildman–Crippen LogP) is 9.64. The van der Waals surface area contributed by atoms with Gasteiger partial charge in [-0.25, -0.2) is 15.0 Å². The summed E-state index contributed by atoms with van der Waals surface area (Å²) in [6.07, 6.45) is 0. The highest BCUT2D eigenvalue weighted by molar-refractivity contribution is 6.09. The number of benzene rings is 6. The van der Waals surface area contributed by atoms with Gasteiger partial charge in [-0.1, -0.05) is 127 Å². The summed E-state index contributed by atoms with van der Waals surface area (Å²) in [5.74, 6) is 1.97. The van der Waals surface area contributed by atoms with E-state index in [1.165, 1.54) is 21.8 Å². The summed E-state index contributed by atoms with van der Waals surface area (Å²) in [5, 5.41) is 2.52. The van der Waals surface area contributed by atoms with E-state index in [0.717, 1.165) is 33.5 Å². The molecule has 0 saturated carbocycles. The quantitative estimate of drug-likeness (QED) is 0.214. The monoisotopic (exact) mass is 550 g/mol. The lowest BCUT2D eigenvalue weighted by molar-refractivity contribution is 1.07. The lowest BCUT2D eigenvalue weighted by Gasteiger charge is -2.11. The first-order chi connectivity index (χ1) is 21.3. The average Bonchev–Trinajstić information content (AvgIpc) is 3.43. The van der Waals surface area contributed by atoms with Crippen molar-refractivity contribution in [1.82, 2.24) is 19.5 Å². The minimum atomic E-state index is 0.649. The van der Waals surface area contributed by atoms with Crippen LogP contribution >= 0.6 is 0 Å². The molecule has 0 aliphatic heterocycles. The summed E-state index contributed by atoms with van der Waals surface area (Å²) >= 11 is 0. The Morgan fingerprint density at radius 1 is 0.326 bits per heavy atom. The molecule has 2 aromatic heterocycles. The molecule has 43 heavy (non-hydrogen) atoms. The number of hydrogen-bond donors (Lipinski definition) is 0. The van der Waals surface area contributed by atoms with Crippen LogP contribution in [0.3, 0.4) is 0 Å². The van der Waals surface area contributed by atoms with Gasteiger partial charge in [-0.15, -0.1) is 0 Å². The van der Waals surface area contributed by atoms with Crippen molar-refractivity contribution in [1.29, 1.82) is 0 Å². The summed E-state index contributed by atoms with van der Waals surface area (Å²) in [6, 6.07) is 54.5. The highest BCUT2D eigenvalue weighted by Crippen LogP contribution is 2.33. The summed E-state index contributed by atoms with van der Waals surface area (Å²) in [5.41, 5.74) is 8.64. The highest BCUT2D eigenvalue weighted by atomic mass is 15.0. The van der Waals surface area contributed by atoms with Gasteiger partial charge in [0, 0.05) is 33.2 Å². The van der Waals surface area contributed by atoms with E-state index in [-0.39, 0.29) is 0 Å². The Morgan fingerprint density at radius 3 is 1.33 bits per heavy atom. The molecule has 4 nitrogen and oxygen atoms in total. The standard InChI is InChI=1S/C39H26N4/c1-3-12-28(13-4-1)37-40-38(29-14-5-2-6-15-29)42-39(41-37)31-17-11-16-30(26-31)27-22-24-32(25-23-27)43-35-20-9-7-18-33(35)34-19-8-10-21-36(34)43/h1-26H. The Balaban J connectivity index is 1.20. The van der Waals surface area contributed by atoms with Crippen molar-refractivity contribution in [3.05, 3.63) is 158 Å². The maximum absolute atomic E-state index is 4.91. The molecular weight excluding hydrogens is 524 g/mol. The van der Waals surface area contributed by atoms with Crippen molar-refractivity contribution in [2.24, 2.45) is 0 Å². The van der Waals surface area contributed by atoms with Crippen molar-refractivity contribution < 1.29 is 0 Å². The molecular formula is C39H26N4. The van der Waals surface area contributed by atoms with Gasteiger partial charge in [0.25, 0.3) is 0 Å². The lowest BCUT2D eigenvalue weighted by atomic mass is 10.0. The second kappa shape index (κ2) is 10.5. The topological polar surface area (TPSA) is 43.6 Å². The van der Waals surface area contributed by atoms with Crippen LogP contribution in [0.25, 0.3) is 72.8 Å². The summed E-state index contributed by atoms with van der Waals surface area (Å²) in [6.45, 7) is 0. The first-order valence-electron chi connectivity index (χ1n) is 14.4. The minimum Gasteiger partial charge on any atom is -0.309 e. The van der Waals surface area contributed by atoms with E-state index in [0.29, 0.717) is 17.5 Å². The van der Waals surface area contributed by atoms with Gasteiger partial charge in [0.05, 0.1) is 11.0 Å². The molecule has 2 heterocycles. The molecule has 0 bridgehead atoms. The lowest BCUT2D eigenvalue weighted by Crippen LogP contribution is -2.00. The van der Waals surface area contributed by atoms with Gasteiger partial charge in [-0.2, -0.15) is 0 Å². The second-order valence-corrected chi connectivity index (χ2v) is 10.5. The van der Waals surface area contributed by atoms with E-state index in [2.05, 4.69) is 102 Å². The molecule has 8 aromatic rings. The molecule has 0 saturated heterocycles. The second-order valence-electron chi connectivity index (χ2n) is 10.5. The number of nitrogens with zero attached hydrogens (tertiary/aromatic N) is 4. The zero-order valence-electron chi connectivity index (χ0n) is 23.3. The largest absolute Gasteiger partial charge is 0.309 e. The average molecular weight is 551 g/mol. The van der Waals surface area contributed by atoms with E-state index in [9.17, 15) is 0 Å². The molecule has 0 N–H and O–H groups in total. The first kappa shape index (κ1) is 24.9. The van der Waals surface area contributed by atoms with Crippen LogP contribution in [0.2, 0.25) is 0 Å². The number of aromatic nitrogens is 4. The van der Waals surface area contributed by atoms with Crippen LogP contribution in [0.5, 0.6) is 0 Å². The van der Waals surface area contributed by atoms with Gasteiger partial charge < -0.3 is 4.57 Å². The Morgan fingerprint density at radius 2 is 0.767 bits per heavy atom. The summed E-state index contributed by atoms with van der Waals surface area (Å²) < 4.78 is 2.34. The fraction of sp³-hybridized carbons (Fsp3) is 0. The molecule has 8 rings (SSSR count). The van der Waals surface area contributed by atoms with Crippen molar-refractivity contribution in [2.75, 3.05) is 0 Å². The third-order valence-electron chi connectivity index (χ3n) is 7.86. The molecule has 202 valence electrons. The van der Waals surface area contributed by atoms with E-state index in [1.807, 2.05) is 60.7 Å². The highest BCUT2D eigenvalue weighted by Gasteiger charge is 2.14. The smallest absolute Gasteiger partial charge is 0.164 e. The van der Waals surface area contributed by atoms with Crippen molar-refractivity contribution in [3.63, 3.8) is 0 Å². The van der Waals surface area contributed by atoms with E-state index < -0.39 is 0 Å². The van der Waals surface area contributed by atoms with Crippen molar-refractivity contribution in [2.45, 2.75) is 0 Å². The molecule has 4 heteroatoms. The van der Waals surface area contributed by atoms with E-state index in [1.54, 1.807) is 0 Å². The number of rotatable bonds is 5. The molecule has 0 amide bonds. The molecule has 0 unspecified atom stereocenters. The molecule has 0 aliphatic carbocycles. The van der Waals surface area contributed by atoms with Crippen LogP contribution in [0.4, 0.5) is 0 Å². The van der Waals surface area contributed by atoms with Crippen LogP contribution in [-0.2, 0) is 0 Å². The van der Waals surface area contributed by atoms with Crippen LogP contribution in [-0.4, -0.2) is 19.5 Å². The minimum absolute atomic E-state index is 0.649. The Labute approximate surface area is 249 Å². The van der Waals surface area contributed by atoms with Crippen LogP contribution < -0.4 is 0 Å². The normalized spacial score (nSPS) is 11.3. The van der Waals surface area contributed by atoms with Gasteiger partial charge >= 0.3 is 0 Å². The maximum atomic E-state index is 4.91. The van der Waals surface area contributed by atoms with Crippen molar-refractivity contribution >= 4 is 21.8 Å². The van der Waals surface area contributed by atoms with Crippen molar-refractivity contribution in [3.8, 4) is 51.0 Å². The zero-order chi connectivity index (χ0) is 28.6. The Hall–Kier alpha value is -5.87. The van der Waals surface area contributed by atoms with Gasteiger partial charge in [-0.3, -0.25) is 0 Å². The third-order valence-corrected chi connectivity index (χ3v) is 7.86. The molecule has 6 aromatic carbocycles. The molecule has 0 atom stereocenters. The summed E-state index contributed by atoms with van der Waals surface area (Å²) in [7, 11) is 0. The fourth-order valence-corrected chi connectivity index (χ4v) is 5.78. The maximum Gasteiger partial charge on any atom is 0.164 e.